The van der Waals surface area contributed by atoms with Crippen LogP contribution in [0.15, 0.2) is 95.6 Å². The van der Waals surface area contributed by atoms with Crippen LogP contribution >= 0.6 is 0 Å². The third kappa shape index (κ3) is 30.3. The largest absolute Gasteiger partial charge is 0.460 e. The van der Waals surface area contributed by atoms with Crippen molar-refractivity contribution in [3.05, 3.63) is 118 Å². The fourth-order valence-corrected chi connectivity index (χ4v) is 17.7. The first-order valence-electron chi connectivity index (χ1n) is 46.0. The summed E-state index contributed by atoms with van der Waals surface area (Å²) in [6.07, 6.45) is 20.4. The standard InChI is InChI=1S/C96H141N9O23/c1-63-18-12-11-13-19-64(2)82(115-8)56-77-28-24-69(7)96(114,128-77)91(111)94(112)104-32-15-14-23-79(104)95(113)127-83(66(4)52-70-26-29-80(107)84(54-70)116-9)57-81(108)65(3)51-68(6)89(110)90(117-10)87(67(5)50-63)102-126-61-76(106)21-17-34-118-36-38-120-40-42-122-44-46-124-48-49-125-47-45-123-43-41-121-39-37-119-35-31-85(109)103-33-30-72-53-71(25-27-74(72)60-103)59-105-93-86(92(97)99-62-100-93)88(101-105)75-55-73-20-16-22-78(73)98-58-75/h11-13,16,18-20,25,27,51,53,55,58,62-63,65-67,69-70,77,79-84,89-90,107-108,110,114H,14-15,17,21-24,26,28-50,52,54,56-57,59-61H2,1-10H3,(H2,97,99,100)/b13-11+,18-12+,64-19+,68-51+,102-87?/t63-,65-,66-,67-,69-,70+,77+,79+,80-,81-,82+,83+,84-,89-,90+,96-/m1/s1. The number of nitrogens with two attached hydrogens (primary N) is 1. The van der Waals surface area contributed by atoms with Gasteiger partial charge in [0.15, 0.2) is 18.0 Å². The molecule has 2 saturated heterocycles. The lowest BCUT2D eigenvalue weighted by atomic mass is 9.78. The van der Waals surface area contributed by atoms with Crippen LogP contribution in [0.1, 0.15) is 173 Å². The number of esters is 1. The summed E-state index contributed by atoms with van der Waals surface area (Å²) < 4.78 is 77.5. The van der Waals surface area contributed by atoms with Crippen LogP contribution in [-0.4, -0.2) is 297 Å². The number of nitrogen functional groups attached to an aromatic ring is 1. The normalized spacial score (nSPS) is 28.0. The third-order valence-corrected chi connectivity index (χ3v) is 25.3. The van der Waals surface area contributed by atoms with Crippen LogP contribution in [-0.2, 0) is 116 Å². The minimum atomic E-state index is -2.46. The third-order valence-electron chi connectivity index (χ3n) is 25.3. The van der Waals surface area contributed by atoms with Crippen LogP contribution in [0.25, 0.3) is 28.4 Å². The fourth-order valence-electron chi connectivity index (χ4n) is 17.7. The van der Waals surface area contributed by atoms with Crippen LogP contribution < -0.4 is 5.73 Å². The average Bonchev–Trinajstić information content (AvgIpc) is 1.66. The maximum atomic E-state index is 14.7. The number of cyclic esters (lactones) is 1. The lowest BCUT2D eigenvalue weighted by Crippen LogP contribution is -2.61. The number of aliphatic hydroxyl groups is 4. The molecule has 0 spiro atoms. The van der Waals surface area contributed by atoms with E-state index < -0.39 is 84.1 Å². The Bertz CT molecular complexity index is 4360. The molecule has 0 unspecified atom stereocenters. The van der Waals surface area contributed by atoms with E-state index in [4.69, 9.17) is 77.2 Å². The Morgan fingerprint density at radius 2 is 1.40 bits per heavy atom. The van der Waals surface area contributed by atoms with Gasteiger partial charge in [-0.15, -0.1) is 0 Å². The molecule has 0 radical (unpaired) electrons. The van der Waals surface area contributed by atoms with E-state index in [9.17, 15) is 44.4 Å². The number of ketones is 2. The van der Waals surface area contributed by atoms with E-state index in [0.717, 1.165) is 46.4 Å². The molecule has 3 fully saturated rings. The van der Waals surface area contributed by atoms with Crippen molar-refractivity contribution in [3.63, 3.8) is 0 Å². The molecule has 10 rings (SSSR count). The lowest BCUT2D eigenvalue weighted by Gasteiger charge is -2.43. The molecule has 7 heterocycles. The Labute approximate surface area is 753 Å². The molecule has 1 aromatic carbocycles. The number of nitrogens with zero attached hydrogens (tertiary/aromatic N) is 8. The number of hydrogen-bond acceptors (Lipinski definition) is 29. The molecule has 2 aliphatic carbocycles. The number of carbonyl (C=O) groups excluding carboxylic acids is 5. The van der Waals surface area contributed by atoms with Crippen molar-refractivity contribution in [1.82, 2.24) is 34.5 Å². The Hall–Kier alpha value is -8.00. The van der Waals surface area contributed by atoms with Crippen LogP contribution in [0.5, 0.6) is 0 Å². The van der Waals surface area contributed by atoms with Gasteiger partial charge < -0.3 is 102 Å². The minimum Gasteiger partial charge on any atom is -0.460 e. The van der Waals surface area contributed by atoms with Gasteiger partial charge in [0.1, 0.15) is 42.2 Å². The summed E-state index contributed by atoms with van der Waals surface area (Å²) in [5.41, 5.74) is 15.8. The lowest BCUT2D eigenvalue weighted by molar-refractivity contribution is -0.265. The molecule has 128 heavy (non-hydrogen) atoms. The first-order chi connectivity index (χ1) is 61.9. The van der Waals surface area contributed by atoms with Crippen LogP contribution in [0, 0.1) is 35.5 Å². The van der Waals surface area contributed by atoms with Gasteiger partial charge in [-0.2, -0.15) is 5.10 Å². The van der Waals surface area contributed by atoms with Crippen molar-refractivity contribution in [3.8, 4) is 11.3 Å². The van der Waals surface area contributed by atoms with Gasteiger partial charge in [-0.05, 0) is 148 Å². The Morgan fingerprint density at radius 3 is 2.08 bits per heavy atom. The van der Waals surface area contributed by atoms with Gasteiger partial charge in [-0.25, -0.2) is 19.4 Å². The van der Waals surface area contributed by atoms with Crippen LogP contribution in [0.4, 0.5) is 5.82 Å². The number of anilines is 1. The first-order valence-corrected chi connectivity index (χ1v) is 46.0. The van der Waals surface area contributed by atoms with E-state index in [1.54, 1.807) is 41.1 Å². The minimum absolute atomic E-state index is 0.0207. The van der Waals surface area contributed by atoms with Crippen molar-refractivity contribution in [2.75, 3.05) is 152 Å². The zero-order valence-corrected chi connectivity index (χ0v) is 76.8. The number of benzene rings is 1. The molecule has 4 aliphatic heterocycles. The van der Waals surface area contributed by atoms with Crippen molar-refractivity contribution in [2.24, 2.45) is 40.7 Å². The number of methoxy groups -OCH3 is 3. The topological polar surface area (TPSA) is 397 Å². The Kier molecular flexibility index (Phi) is 42.2. The number of piperidine rings is 1. The number of rotatable bonds is 40. The number of aliphatic hydroxyl groups excluding tert-OH is 3. The van der Waals surface area contributed by atoms with Gasteiger partial charge in [0.05, 0.1) is 159 Å². The fraction of sp³-hybridized carbons (Fsp3) is 0.667. The zero-order chi connectivity index (χ0) is 91.5. The second-order valence-electron chi connectivity index (χ2n) is 35.0. The summed E-state index contributed by atoms with van der Waals surface area (Å²) in [5.74, 6) is -7.07. The van der Waals surface area contributed by atoms with E-state index in [2.05, 4.69) is 63.4 Å². The molecule has 708 valence electrons. The van der Waals surface area contributed by atoms with Gasteiger partial charge in [0.2, 0.25) is 11.7 Å². The molecule has 6 N–H and O–H groups in total. The molecule has 4 aromatic rings. The number of ether oxygens (including phenoxy) is 13. The first kappa shape index (κ1) is 102. The summed E-state index contributed by atoms with van der Waals surface area (Å²) in [5, 5.41) is 57.5. The van der Waals surface area contributed by atoms with Crippen molar-refractivity contribution < 1.29 is 111 Å². The second kappa shape index (κ2) is 52.9. The predicted octanol–water partition coefficient (Wildman–Crippen LogP) is 9.63. The highest BCUT2D eigenvalue weighted by Gasteiger charge is 2.53. The maximum Gasteiger partial charge on any atom is 0.329 e. The molecular weight excluding hydrogens is 1650 g/mol. The summed E-state index contributed by atoms with van der Waals surface area (Å²) in [4.78, 5) is 92.6. The number of aromatic nitrogens is 5. The van der Waals surface area contributed by atoms with Crippen LogP contribution in [0.2, 0.25) is 0 Å². The zero-order valence-electron chi connectivity index (χ0n) is 76.8. The number of oxime groups is 1. The molecule has 32 heteroatoms. The van der Waals surface area contributed by atoms with Gasteiger partial charge in [0, 0.05) is 103 Å². The smallest absolute Gasteiger partial charge is 0.329 e. The molecule has 32 nitrogen and oxygen atoms in total. The van der Waals surface area contributed by atoms with E-state index >= 15 is 0 Å². The van der Waals surface area contributed by atoms with Crippen molar-refractivity contribution in [1.29, 1.82) is 0 Å². The van der Waals surface area contributed by atoms with Crippen LogP contribution in [0.3, 0.4) is 0 Å². The Morgan fingerprint density at radius 1 is 0.711 bits per heavy atom. The highest BCUT2D eigenvalue weighted by atomic mass is 16.6. The van der Waals surface area contributed by atoms with Crippen molar-refractivity contribution >= 4 is 58.0 Å². The van der Waals surface area contributed by atoms with E-state index in [0.29, 0.717) is 230 Å². The van der Waals surface area contributed by atoms with Gasteiger partial charge in [0.25, 0.3) is 11.7 Å². The number of amides is 2. The van der Waals surface area contributed by atoms with E-state index in [-0.39, 0.29) is 80.3 Å². The molecule has 6 aliphatic rings. The number of hydrogen-bond donors (Lipinski definition) is 5. The molecule has 1 saturated carbocycles. The number of allylic oxidation sites excluding steroid dienone is 6. The molecule has 16 atom stereocenters. The average molecular weight is 1790 g/mol. The molecular formula is C96H141N9O23. The van der Waals surface area contributed by atoms with E-state index in [1.807, 2.05) is 66.9 Å². The predicted molar refractivity (Wildman–Crippen MR) is 480 cm³/mol. The molecule has 2 bridgehead atoms. The highest BCUT2D eigenvalue weighted by molar-refractivity contribution is 6.39. The number of Topliss-reactive ketones (excluding diaryl/α,β-unsaturated/α-hetero) is 2. The Balaban J connectivity index is 0.580. The van der Waals surface area contributed by atoms with Gasteiger partial charge in [-0.1, -0.05) is 107 Å². The molecule has 3 aromatic heterocycles. The monoisotopic (exact) mass is 1790 g/mol. The van der Waals surface area contributed by atoms with E-state index in [1.165, 1.54) is 23.9 Å². The second-order valence-corrected chi connectivity index (χ2v) is 35.0. The molecule has 2 amide bonds. The van der Waals surface area contributed by atoms with Gasteiger partial charge >= 0.3 is 5.97 Å². The summed E-state index contributed by atoms with van der Waals surface area (Å²) >= 11 is 0. The van der Waals surface area contributed by atoms with Gasteiger partial charge in [-0.3, -0.25) is 24.2 Å². The summed E-state index contributed by atoms with van der Waals surface area (Å²) in [7, 11) is 4.62. The van der Waals surface area contributed by atoms with Crippen molar-refractivity contribution in [2.45, 2.75) is 231 Å². The quantitative estimate of drug-likeness (QED) is 0.00909. The maximum absolute atomic E-state index is 14.7. The highest BCUT2D eigenvalue weighted by Crippen LogP contribution is 2.40. The number of fused-ring (bicyclic) bond motifs is 6. The summed E-state index contributed by atoms with van der Waals surface area (Å²) in [6, 6.07) is 7.31. The summed E-state index contributed by atoms with van der Waals surface area (Å²) in [6.45, 7) is 20.6. The number of pyridine rings is 1. The number of carbonyl (C=O) groups is 5. The SMILES string of the molecule is CO[C@H]1C[C@@H]2CC[C@@H](C)[C@@](O)(O2)C(=O)C(=O)N2CCCC[C@H]2C(=O)O[C@H]([C@H](C)C[C@@H]2CC[C@@H](O)[C@H](OC)C2)C[C@@H](O)[C@H](C)/C=C(\C)[C@@H](O)[C@@H](OC)C(=NOCC(=O)CCCOCCOCCOCCOCCOCCOCCOCCOCCC(=O)N2CCc3cc(Cn4nc(-c5cnc6c(c5)C=CC6)c5c(N)ncnc54)ccc3C2)[C@H](C)C[C@H](C)/C=C/C=C/C=C/1C.